The van der Waals surface area contributed by atoms with E-state index in [4.69, 9.17) is 9.47 Å². The Kier molecular flexibility index (Phi) is 37.5. The van der Waals surface area contributed by atoms with Crippen molar-refractivity contribution >= 4 is 5.91 Å². The standard InChI is InChI=1S/C49H93NO8/c1-3-5-7-9-11-12-13-14-15-16-17-18-19-20-21-22-23-24-25-26-27-28-29-30-31-33-35-37-39-45(53)50-42(43(52)38-36-34-32-10-8-6-4-2)41-57-49-48(56)47(55)46(54)44(40-51)58-49/h8,10,36,38,42-44,46-49,51-52,54-56H,3-7,9,11-35,37,39-41H2,1-2H3,(H,50,53)/b10-8+,38-36+. The summed E-state index contributed by atoms with van der Waals surface area (Å²) in [6.07, 6.45) is 41.4. The summed E-state index contributed by atoms with van der Waals surface area (Å²) >= 11 is 0. The van der Waals surface area contributed by atoms with Gasteiger partial charge in [-0.1, -0.05) is 218 Å². The molecule has 9 nitrogen and oxygen atoms in total. The van der Waals surface area contributed by atoms with Crippen LogP contribution in [-0.2, 0) is 14.3 Å². The summed E-state index contributed by atoms with van der Waals surface area (Å²) < 4.78 is 11.1. The summed E-state index contributed by atoms with van der Waals surface area (Å²) in [7, 11) is 0. The van der Waals surface area contributed by atoms with Gasteiger partial charge in [-0.15, -0.1) is 0 Å². The summed E-state index contributed by atoms with van der Waals surface area (Å²) in [5, 5.41) is 53.9. The Labute approximate surface area is 356 Å². The third-order valence-electron chi connectivity index (χ3n) is 11.8. The Morgan fingerprint density at radius 3 is 1.41 bits per heavy atom. The second-order valence-electron chi connectivity index (χ2n) is 17.3. The first kappa shape index (κ1) is 54.7. The summed E-state index contributed by atoms with van der Waals surface area (Å²) in [6.45, 7) is 3.66. The normalized spacial score (nSPS) is 21.0. The molecule has 58 heavy (non-hydrogen) atoms. The van der Waals surface area contributed by atoms with Gasteiger partial charge in [0.25, 0.3) is 0 Å². The molecular weight excluding hydrogens is 731 g/mol. The van der Waals surface area contributed by atoms with Gasteiger partial charge in [-0.3, -0.25) is 4.79 Å². The van der Waals surface area contributed by atoms with Crippen LogP contribution in [0.3, 0.4) is 0 Å². The molecule has 7 unspecified atom stereocenters. The van der Waals surface area contributed by atoms with Gasteiger partial charge in [-0.2, -0.15) is 0 Å². The van der Waals surface area contributed by atoms with E-state index >= 15 is 0 Å². The Morgan fingerprint density at radius 2 is 0.983 bits per heavy atom. The molecule has 0 aromatic rings. The molecule has 1 rings (SSSR count). The van der Waals surface area contributed by atoms with Crippen LogP contribution in [-0.4, -0.2) is 87.5 Å². The van der Waals surface area contributed by atoms with Gasteiger partial charge in [0.05, 0.1) is 25.4 Å². The minimum Gasteiger partial charge on any atom is -0.394 e. The van der Waals surface area contributed by atoms with Crippen LogP contribution in [0.15, 0.2) is 24.3 Å². The first-order chi connectivity index (χ1) is 28.3. The molecule has 0 aromatic heterocycles. The molecule has 0 aromatic carbocycles. The van der Waals surface area contributed by atoms with E-state index in [1.807, 2.05) is 6.08 Å². The van der Waals surface area contributed by atoms with Crippen LogP contribution in [0, 0.1) is 0 Å². The highest BCUT2D eigenvalue weighted by Crippen LogP contribution is 2.23. The largest absolute Gasteiger partial charge is 0.394 e. The van der Waals surface area contributed by atoms with E-state index in [0.717, 1.165) is 44.9 Å². The Bertz CT molecular complexity index is 961. The number of carbonyl (C=O) groups is 1. The van der Waals surface area contributed by atoms with Crippen molar-refractivity contribution in [2.24, 2.45) is 0 Å². The van der Waals surface area contributed by atoms with Crippen LogP contribution in [0.2, 0.25) is 0 Å². The fraction of sp³-hybridized carbons (Fsp3) is 0.898. The highest BCUT2D eigenvalue weighted by Gasteiger charge is 2.44. The van der Waals surface area contributed by atoms with Gasteiger partial charge in [0.2, 0.25) is 5.91 Å². The van der Waals surface area contributed by atoms with Gasteiger partial charge in [0.15, 0.2) is 6.29 Å². The van der Waals surface area contributed by atoms with E-state index in [-0.39, 0.29) is 12.5 Å². The number of amides is 1. The van der Waals surface area contributed by atoms with Crippen molar-refractivity contribution in [3.8, 4) is 0 Å². The topological polar surface area (TPSA) is 149 Å². The van der Waals surface area contributed by atoms with E-state index in [1.54, 1.807) is 6.08 Å². The molecule has 0 radical (unpaired) electrons. The van der Waals surface area contributed by atoms with E-state index in [0.29, 0.717) is 6.42 Å². The van der Waals surface area contributed by atoms with Gasteiger partial charge in [-0.25, -0.2) is 0 Å². The summed E-state index contributed by atoms with van der Waals surface area (Å²) in [5.41, 5.74) is 0. The summed E-state index contributed by atoms with van der Waals surface area (Å²) in [6, 6.07) is -0.814. The van der Waals surface area contributed by atoms with Crippen LogP contribution < -0.4 is 5.32 Å². The molecule has 0 aliphatic carbocycles. The molecule has 1 aliphatic rings. The summed E-state index contributed by atoms with van der Waals surface area (Å²) in [5.74, 6) is -0.188. The average molecular weight is 824 g/mol. The van der Waals surface area contributed by atoms with Crippen molar-refractivity contribution < 1.29 is 39.8 Å². The molecular formula is C49H93NO8. The highest BCUT2D eigenvalue weighted by molar-refractivity contribution is 5.76. The van der Waals surface area contributed by atoms with E-state index in [1.165, 1.54) is 161 Å². The molecule has 0 bridgehead atoms. The first-order valence-electron chi connectivity index (χ1n) is 24.6. The van der Waals surface area contributed by atoms with Crippen LogP contribution >= 0.6 is 0 Å². The molecule has 342 valence electrons. The van der Waals surface area contributed by atoms with E-state index in [9.17, 15) is 30.3 Å². The van der Waals surface area contributed by atoms with Crippen LogP contribution in [0.5, 0.6) is 0 Å². The van der Waals surface area contributed by atoms with Crippen LogP contribution in [0.1, 0.15) is 226 Å². The summed E-state index contributed by atoms with van der Waals surface area (Å²) in [4.78, 5) is 12.9. The molecule has 1 saturated heterocycles. The quantitative estimate of drug-likeness (QED) is 0.0264. The third-order valence-corrected chi connectivity index (χ3v) is 11.8. The SMILES string of the molecule is CCC/C=C/CC/C=C/C(O)C(COC1OC(CO)C(O)C(O)C1O)NC(=O)CCCCCCCCCCCCCCCCCCCCCCCCCCCCCC. The Morgan fingerprint density at radius 1 is 0.569 bits per heavy atom. The van der Waals surface area contributed by atoms with Crippen molar-refractivity contribution in [1.29, 1.82) is 0 Å². The average Bonchev–Trinajstić information content (AvgIpc) is 3.22. The van der Waals surface area contributed by atoms with Crippen molar-refractivity contribution in [1.82, 2.24) is 5.32 Å². The lowest BCUT2D eigenvalue weighted by Gasteiger charge is -2.40. The monoisotopic (exact) mass is 824 g/mol. The minimum atomic E-state index is -1.57. The van der Waals surface area contributed by atoms with E-state index in [2.05, 4.69) is 31.3 Å². The highest BCUT2D eigenvalue weighted by atomic mass is 16.7. The molecule has 9 heteroatoms. The Hall–Kier alpha value is -1.33. The number of rotatable bonds is 41. The molecule has 1 fully saturated rings. The number of ether oxygens (including phenoxy) is 2. The van der Waals surface area contributed by atoms with Crippen LogP contribution in [0.4, 0.5) is 0 Å². The number of carbonyl (C=O) groups excluding carboxylic acids is 1. The van der Waals surface area contributed by atoms with Crippen molar-refractivity contribution in [3.05, 3.63) is 24.3 Å². The fourth-order valence-electron chi connectivity index (χ4n) is 7.83. The minimum absolute atomic E-state index is 0.188. The number of nitrogens with one attached hydrogen (secondary N) is 1. The lowest BCUT2D eigenvalue weighted by molar-refractivity contribution is -0.302. The maximum absolute atomic E-state index is 12.9. The molecule has 1 amide bonds. The second-order valence-corrected chi connectivity index (χ2v) is 17.3. The zero-order chi connectivity index (χ0) is 42.3. The number of aliphatic hydroxyl groups excluding tert-OH is 5. The Balaban J connectivity index is 2.09. The number of allylic oxidation sites excluding steroid dienone is 3. The predicted molar refractivity (Wildman–Crippen MR) is 240 cm³/mol. The smallest absolute Gasteiger partial charge is 0.220 e. The number of aliphatic hydroxyl groups is 5. The van der Waals surface area contributed by atoms with Crippen LogP contribution in [0.25, 0.3) is 0 Å². The maximum Gasteiger partial charge on any atom is 0.220 e. The van der Waals surface area contributed by atoms with Gasteiger partial charge < -0.3 is 40.3 Å². The molecule has 0 spiro atoms. The number of hydrogen-bond acceptors (Lipinski definition) is 8. The van der Waals surface area contributed by atoms with Crippen molar-refractivity contribution in [3.63, 3.8) is 0 Å². The van der Waals surface area contributed by atoms with Gasteiger partial charge >= 0.3 is 0 Å². The fourth-order valence-corrected chi connectivity index (χ4v) is 7.83. The third kappa shape index (κ3) is 29.8. The lowest BCUT2D eigenvalue weighted by Crippen LogP contribution is -2.60. The molecule has 1 aliphatic heterocycles. The van der Waals surface area contributed by atoms with Crippen molar-refractivity contribution in [2.75, 3.05) is 13.2 Å². The van der Waals surface area contributed by atoms with Gasteiger partial charge in [0, 0.05) is 6.42 Å². The van der Waals surface area contributed by atoms with E-state index < -0.39 is 49.5 Å². The first-order valence-corrected chi connectivity index (χ1v) is 24.6. The molecule has 6 N–H and O–H groups in total. The lowest BCUT2D eigenvalue weighted by atomic mass is 9.99. The predicted octanol–water partition coefficient (Wildman–Crippen LogP) is 10.7. The van der Waals surface area contributed by atoms with Gasteiger partial charge in [-0.05, 0) is 25.7 Å². The molecule has 0 saturated carbocycles. The maximum atomic E-state index is 12.9. The zero-order valence-electron chi connectivity index (χ0n) is 37.6. The molecule has 7 atom stereocenters. The van der Waals surface area contributed by atoms with Crippen molar-refractivity contribution in [2.45, 2.75) is 269 Å². The zero-order valence-corrected chi connectivity index (χ0v) is 37.6. The van der Waals surface area contributed by atoms with Gasteiger partial charge in [0.1, 0.15) is 24.4 Å². The number of hydrogen-bond donors (Lipinski definition) is 6. The number of unbranched alkanes of at least 4 members (excludes halogenated alkanes) is 29. The second kappa shape index (κ2) is 39.8. The molecule has 1 heterocycles.